The van der Waals surface area contributed by atoms with E-state index in [1.165, 1.54) is 276 Å². The zero-order chi connectivity index (χ0) is 49.2. The minimum atomic E-state index is -0.843. The number of unbranched alkanes of at least 4 members (excludes halogenated alkanes) is 44. The topological polar surface area (TPSA) is 69.6 Å². The largest absolute Gasteiger partial charge is 0.394 e. The molecule has 0 saturated carbocycles. The third-order valence-electron chi connectivity index (χ3n) is 14.3. The molecule has 0 fully saturated rings. The van der Waals surface area contributed by atoms with Crippen molar-refractivity contribution >= 4 is 5.91 Å². The number of nitrogens with one attached hydrogen (secondary N) is 1. The van der Waals surface area contributed by atoms with Gasteiger partial charge in [-0.25, -0.2) is 0 Å². The Morgan fingerprint density at radius 3 is 0.897 bits per heavy atom. The number of carbonyl (C=O) groups excluding carboxylic acids is 1. The van der Waals surface area contributed by atoms with Crippen molar-refractivity contribution < 1.29 is 15.0 Å². The number of aliphatic hydroxyl groups excluding tert-OH is 2. The van der Waals surface area contributed by atoms with Crippen LogP contribution >= 0.6 is 0 Å². The molecule has 0 rings (SSSR count). The maximum atomic E-state index is 12.5. The van der Waals surface area contributed by atoms with E-state index in [0.717, 1.165) is 38.5 Å². The molecular weight excluding hydrogens is 831 g/mol. The Balaban J connectivity index is 3.48. The van der Waals surface area contributed by atoms with Crippen LogP contribution < -0.4 is 5.32 Å². The molecule has 0 spiro atoms. The molecule has 400 valence electrons. The van der Waals surface area contributed by atoms with Crippen molar-refractivity contribution in [3.63, 3.8) is 0 Å². The third kappa shape index (κ3) is 55.3. The molecule has 0 aliphatic carbocycles. The molecule has 4 heteroatoms. The zero-order valence-corrected chi connectivity index (χ0v) is 46.1. The standard InChI is InChI=1S/C64H121NO3/c1-3-5-7-9-11-13-15-17-19-21-23-25-27-29-31-32-34-35-37-39-41-43-45-47-49-51-53-55-57-59-63(67)62(61-66)65-64(68)60-58-56-54-52-50-48-46-44-42-40-38-36-33-30-28-26-24-22-20-18-16-14-12-10-8-6-4-2/h16,18,22,24,28,30,57,59,62-63,66-67H,3-15,17,19-21,23,25-27,29,31-56,58,60-61H2,1-2H3,(H,65,68)/b18-16-,24-22-,30-28-,59-57+. The van der Waals surface area contributed by atoms with E-state index in [4.69, 9.17) is 0 Å². The van der Waals surface area contributed by atoms with Gasteiger partial charge in [0.25, 0.3) is 0 Å². The second kappa shape index (κ2) is 59.7. The predicted molar refractivity (Wildman–Crippen MR) is 304 cm³/mol. The molecule has 68 heavy (non-hydrogen) atoms. The quantitative estimate of drug-likeness (QED) is 0.0420. The Morgan fingerprint density at radius 1 is 0.353 bits per heavy atom. The Bertz CT molecular complexity index is 1080. The molecule has 0 radical (unpaired) electrons. The summed E-state index contributed by atoms with van der Waals surface area (Å²) in [5.41, 5.74) is 0. The normalized spacial score (nSPS) is 13.1. The van der Waals surface area contributed by atoms with Crippen molar-refractivity contribution in [2.75, 3.05) is 6.61 Å². The molecular formula is C64H121NO3. The molecule has 3 N–H and O–H groups in total. The van der Waals surface area contributed by atoms with Crippen LogP contribution in [0.5, 0.6) is 0 Å². The smallest absolute Gasteiger partial charge is 0.220 e. The lowest BCUT2D eigenvalue weighted by molar-refractivity contribution is -0.123. The number of hydrogen-bond acceptors (Lipinski definition) is 3. The van der Waals surface area contributed by atoms with Gasteiger partial charge in [-0.05, 0) is 57.8 Å². The van der Waals surface area contributed by atoms with Crippen molar-refractivity contribution in [2.45, 2.75) is 347 Å². The van der Waals surface area contributed by atoms with Crippen LogP contribution in [-0.4, -0.2) is 34.9 Å². The summed E-state index contributed by atoms with van der Waals surface area (Å²) < 4.78 is 0. The molecule has 2 atom stereocenters. The lowest BCUT2D eigenvalue weighted by Crippen LogP contribution is -2.45. The van der Waals surface area contributed by atoms with Gasteiger partial charge in [0, 0.05) is 6.42 Å². The Hall–Kier alpha value is -1.65. The fourth-order valence-electron chi connectivity index (χ4n) is 9.60. The van der Waals surface area contributed by atoms with Crippen molar-refractivity contribution in [2.24, 2.45) is 0 Å². The summed E-state index contributed by atoms with van der Waals surface area (Å²) in [5, 5.41) is 23.2. The molecule has 0 aromatic heterocycles. The maximum absolute atomic E-state index is 12.5. The Labute approximate surface area is 426 Å². The summed E-state index contributed by atoms with van der Waals surface area (Å²) in [7, 11) is 0. The van der Waals surface area contributed by atoms with E-state index >= 15 is 0 Å². The number of hydrogen-bond donors (Lipinski definition) is 3. The van der Waals surface area contributed by atoms with E-state index in [9.17, 15) is 15.0 Å². The Kier molecular flexibility index (Phi) is 58.2. The van der Waals surface area contributed by atoms with Gasteiger partial charge in [-0.3, -0.25) is 4.79 Å². The van der Waals surface area contributed by atoms with Gasteiger partial charge in [0.15, 0.2) is 0 Å². The fraction of sp³-hybridized carbons (Fsp3) is 0.859. The second-order valence-corrected chi connectivity index (χ2v) is 21.1. The average molecular weight is 953 g/mol. The van der Waals surface area contributed by atoms with E-state index in [2.05, 4.69) is 55.6 Å². The number of carbonyl (C=O) groups is 1. The Morgan fingerprint density at radius 2 is 0.603 bits per heavy atom. The van der Waals surface area contributed by atoms with Gasteiger partial charge in [-0.15, -0.1) is 0 Å². The molecule has 0 bridgehead atoms. The zero-order valence-electron chi connectivity index (χ0n) is 46.1. The van der Waals surface area contributed by atoms with Crippen LogP contribution in [-0.2, 0) is 4.79 Å². The van der Waals surface area contributed by atoms with E-state index in [-0.39, 0.29) is 12.5 Å². The first-order valence-electron chi connectivity index (χ1n) is 30.9. The van der Waals surface area contributed by atoms with Crippen molar-refractivity contribution in [3.8, 4) is 0 Å². The summed E-state index contributed by atoms with van der Waals surface area (Å²) in [6, 6.07) is -0.626. The first kappa shape index (κ1) is 66.3. The second-order valence-electron chi connectivity index (χ2n) is 21.1. The van der Waals surface area contributed by atoms with Gasteiger partial charge in [0.1, 0.15) is 0 Å². The van der Waals surface area contributed by atoms with E-state index in [0.29, 0.717) is 6.42 Å². The van der Waals surface area contributed by atoms with Gasteiger partial charge in [-0.1, -0.05) is 319 Å². The molecule has 0 aromatic carbocycles. The van der Waals surface area contributed by atoms with Gasteiger partial charge in [0.05, 0.1) is 18.8 Å². The molecule has 0 aliphatic rings. The summed E-state index contributed by atoms with van der Waals surface area (Å²) in [6.45, 7) is 4.33. The molecule has 0 aromatic rings. The minimum Gasteiger partial charge on any atom is -0.394 e. The van der Waals surface area contributed by atoms with E-state index < -0.39 is 12.1 Å². The van der Waals surface area contributed by atoms with Crippen molar-refractivity contribution in [1.29, 1.82) is 0 Å². The van der Waals surface area contributed by atoms with Crippen molar-refractivity contribution in [3.05, 3.63) is 48.6 Å². The maximum Gasteiger partial charge on any atom is 0.220 e. The lowest BCUT2D eigenvalue weighted by atomic mass is 10.0. The highest BCUT2D eigenvalue weighted by Gasteiger charge is 2.18. The lowest BCUT2D eigenvalue weighted by Gasteiger charge is -2.20. The number of rotatable bonds is 57. The minimum absolute atomic E-state index is 0.0623. The van der Waals surface area contributed by atoms with Gasteiger partial charge in [0.2, 0.25) is 5.91 Å². The highest BCUT2D eigenvalue weighted by atomic mass is 16.3. The molecule has 4 nitrogen and oxygen atoms in total. The summed E-state index contributed by atoms with van der Waals surface area (Å²) >= 11 is 0. The molecule has 1 amide bonds. The van der Waals surface area contributed by atoms with Gasteiger partial charge >= 0.3 is 0 Å². The van der Waals surface area contributed by atoms with E-state index in [1.807, 2.05) is 6.08 Å². The predicted octanol–water partition coefficient (Wildman–Crippen LogP) is 20.6. The molecule has 0 heterocycles. The molecule has 0 aliphatic heterocycles. The monoisotopic (exact) mass is 952 g/mol. The number of allylic oxidation sites excluding steroid dienone is 7. The summed E-state index contributed by atoms with van der Waals surface area (Å²) in [6.07, 6.45) is 82.9. The van der Waals surface area contributed by atoms with Crippen molar-refractivity contribution in [1.82, 2.24) is 5.32 Å². The first-order valence-corrected chi connectivity index (χ1v) is 30.9. The van der Waals surface area contributed by atoms with Crippen LogP contribution in [0.2, 0.25) is 0 Å². The molecule has 0 saturated heterocycles. The highest BCUT2D eigenvalue weighted by molar-refractivity contribution is 5.76. The van der Waals surface area contributed by atoms with Crippen LogP contribution in [0.25, 0.3) is 0 Å². The van der Waals surface area contributed by atoms with Crippen LogP contribution in [0, 0.1) is 0 Å². The van der Waals surface area contributed by atoms with Gasteiger partial charge in [-0.2, -0.15) is 0 Å². The average Bonchev–Trinajstić information content (AvgIpc) is 3.34. The van der Waals surface area contributed by atoms with Gasteiger partial charge < -0.3 is 15.5 Å². The van der Waals surface area contributed by atoms with Crippen LogP contribution in [0.3, 0.4) is 0 Å². The summed E-state index contributed by atoms with van der Waals surface area (Å²) in [4.78, 5) is 12.5. The van der Waals surface area contributed by atoms with E-state index in [1.54, 1.807) is 6.08 Å². The van der Waals surface area contributed by atoms with Crippen LogP contribution in [0.4, 0.5) is 0 Å². The van der Waals surface area contributed by atoms with Crippen LogP contribution in [0.1, 0.15) is 335 Å². The fourth-order valence-corrected chi connectivity index (χ4v) is 9.60. The molecule has 2 unspecified atom stereocenters. The number of amides is 1. The SMILES string of the molecule is CCCCCCC/C=C\C/C=C\C/C=C\CCCCCCCCCCCCCCC(=O)NC(CO)C(O)/C=C/CCCCCCCCCCCCCCCCCCCCCCCCCCCCC. The first-order chi connectivity index (χ1) is 33.7. The third-order valence-corrected chi connectivity index (χ3v) is 14.3. The number of aliphatic hydroxyl groups is 2. The van der Waals surface area contributed by atoms with Crippen LogP contribution in [0.15, 0.2) is 48.6 Å². The highest BCUT2D eigenvalue weighted by Crippen LogP contribution is 2.18. The summed E-state index contributed by atoms with van der Waals surface area (Å²) in [5.74, 6) is -0.0623.